The van der Waals surface area contributed by atoms with Gasteiger partial charge in [0.05, 0.1) is 27.8 Å². The number of sulfonamides is 1. The number of morpholine rings is 1. The molecule has 0 saturated carbocycles. The Balaban J connectivity index is 1.87. The average molecular weight is 415 g/mol. The summed E-state index contributed by atoms with van der Waals surface area (Å²) < 4.78 is 33.8. The fourth-order valence-corrected chi connectivity index (χ4v) is 5.47. The number of ether oxygens (including phenoxy) is 1. The molecule has 3 rings (SSSR count). The summed E-state index contributed by atoms with van der Waals surface area (Å²) >= 11 is 6.79. The summed E-state index contributed by atoms with van der Waals surface area (Å²) in [6.45, 7) is 4.74. The number of para-hydroxylation sites is 1. The molecule has 9 heteroatoms. The van der Waals surface area contributed by atoms with E-state index < -0.39 is 10.0 Å². The molecule has 2 aromatic rings. The van der Waals surface area contributed by atoms with Crippen LogP contribution in [0.3, 0.4) is 0 Å². The van der Waals surface area contributed by atoms with Gasteiger partial charge in [0, 0.05) is 13.1 Å². The summed E-state index contributed by atoms with van der Waals surface area (Å²) in [6, 6.07) is 9.54. The molecule has 0 bridgehead atoms. The third-order valence-corrected chi connectivity index (χ3v) is 7.01. The summed E-state index contributed by atoms with van der Waals surface area (Å²) in [4.78, 5) is 14.6. The van der Waals surface area contributed by atoms with Crippen molar-refractivity contribution >= 4 is 44.6 Å². The molecule has 1 N–H and O–H groups in total. The van der Waals surface area contributed by atoms with Gasteiger partial charge < -0.3 is 9.64 Å². The van der Waals surface area contributed by atoms with Crippen molar-refractivity contribution in [1.29, 1.82) is 0 Å². The van der Waals surface area contributed by atoms with Crippen LogP contribution in [-0.4, -0.2) is 44.5 Å². The van der Waals surface area contributed by atoms with E-state index in [-0.39, 0.29) is 28.0 Å². The second-order valence-electron chi connectivity index (χ2n) is 6.18. The maximum Gasteiger partial charge on any atom is 0.271 e. The van der Waals surface area contributed by atoms with Gasteiger partial charge in [-0.05, 0) is 38.1 Å². The van der Waals surface area contributed by atoms with Crippen LogP contribution in [-0.2, 0) is 14.8 Å². The Morgan fingerprint density at radius 2 is 1.85 bits per heavy atom. The van der Waals surface area contributed by atoms with Crippen molar-refractivity contribution in [2.75, 3.05) is 17.8 Å². The Morgan fingerprint density at radius 3 is 2.46 bits per heavy atom. The normalized spacial score (nSPS) is 20.8. The summed E-state index contributed by atoms with van der Waals surface area (Å²) in [5.41, 5.74) is 0.550. The number of hydrogen-bond donors (Lipinski definition) is 1. The van der Waals surface area contributed by atoms with Gasteiger partial charge >= 0.3 is 0 Å². The molecule has 1 saturated heterocycles. The Bertz CT molecular complexity index is 903. The molecule has 0 unspecified atom stereocenters. The molecule has 0 aliphatic carbocycles. The highest BCUT2D eigenvalue weighted by Crippen LogP contribution is 2.28. The van der Waals surface area contributed by atoms with E-state index in [1.54, 1.807) is 29.2 Å². The highest BCUT2D eigenvalue weighted by Gasteiger charge is 2.28. The number of thiophene rings is 1. The lowest BCUT2D eigenvalue weighted by Gasteiger charge is -2.35. The van der Waals surface area contributed by atoms with E-state index in [1.807, 2.05) is 13.8 Å². The largest absolute Gasteiger partial charge is 0.372 e. The van der Waals surface area contributed by atoms with Gasteiger partial charge in [0.15, 0.2) is 0 Å². The second-order valence-corrected chi connectivity index (χ2v) is 9.80. The van der Waals surface area contributed by atoms with Gasteiger partial charge in [-0.1, -0.05) is 23.7 Å². The van der Waals surface area contributed by atoms with E-state index in [0.29, 0.717) is 23.0 Å². The molecule has 1 aromatic heterocycles. The van der Waals surface area contributed by atoms with E-state index in [1.165, 1.54) is 12.1 Å². The SMILES string of the molecule is C[C@H]1CN(C(=O)c2ccccc2NS(=O)(=O)c2ccc(Cl)s2)C[C@H](C)O1. The Kier molecular flexibility index (Phi) is 5.57. The van der Waals surface area contributed by atoms with Crippen LogP contribution in [0.1, 0.15) is 24.2 Å². The number of carbonyl (C=O) groups excluding carboxylic acids is 1. The van der Waals surface area contributed by atoms with Gasteiger partial charge in [-0.25, -0.2) is 8.42 Å². The third-order valence-electron chi connectivity index (χ3n) is 3.92. The minimum absolute atomic E-state index is 0.0696. The molecule has 1 aliphatic rings. The van der Waals surface area contributed by atoms with E-state index in [4.69, 9.17) is 16.3 Å². The zero-order valence-corrected chi connectivity index (χ0v) is 16.7. The van der Waals surface area contributed by atoms with Crippen LogP contribution >= 0.6 is 22.9 Å². The van der Waals surface area contributed by atoms with Crippen LogP contribution in [0.15, 0.2) is 40.6 Å². The molecule has 1 aliphatic heterocycles. The molecule has 0 spiro atoms. The Morgan fingerprint density at radius 1 is 1.19 bits per heavy atom. The molecule has 2 heterocycles. The number of benzene rings is 1. The quantitative estimate of drug-likeness (QED) is 0.831. The highest BCUT2D eigenvalue weighted by atomic mass is 35.5. The monoisotopic (exact) mass is 414 g/mol. The first-order valence-corrected chi connectivity index (χ1v) is 10.8. The third kappa shape index (κ3) is 4.20. The minimum atomic E-state index is -3.81. The number of halogens is 1. The van der Waals surface area contributed by atoms with Crippen LogP contribution in [0.5, 0.6) is 0 Å². The average Bonchev–Trinajstić information content (AvgIpc) is 3.01. The van der Waals surface area contributed by atoms with Crippen LogP contribution in [0.4, 0.5) is 5.69 Å². The number of hydrogen-bond acceptors (Lipinski definition) is 5. The molecule has 26 heavy (non-hydrogen) atoms. The van der Waals surface area contributed by atoms with Crippen molar-refractivity contribution in [2.24, 2.45) is 0 Å². The Labute approximate surface area is 161 Å². The van der Waals surface area contributed by atoms with Gasteiger partial charge in [-0.15, -0.1) is 11.3 Å². The number of carbonyl (C=O) groups is 1. The van der Waals surface area contributed by atoms with Gasteiger partial charge in [-0.2, -0.15) is 0 Å². The zero-order valence-electron chi connectivity index (χ0n) is 14.3. The van der Waals surface area contributed by atoms with Crippen LogP contribution in [0.25, 0.3) is 0 Å². The number of nitrogens with one attached hydrogen (secondary N) is 1. The van der Waals surface area contributed by atoms with E-state index in [9.17, 15) is 13.2 Å². The van der Waals surface area contributed by atoms with Crippen molar-refractivity contribution < 1.29 is 17.9 Å². The minimum Gasteiger partial charge on any atom is -0.372 e. The topological polar surface area (TPSA) is 75.7 Å². The van der Waals surface area contributed by atoms with Crippen molar-refractivity contribution in [3.8, 4) is 0 Å². The first-order valence-electron chi connectivity index (χ1n) is 8.08. The molecule has 1 fully saturated rings. The van der Waals surface area contributed by atoms with E-state index >= 15 is 0 Å². The van der Waals surface area contributed by atoms with Gasteiger partial charge in [-0.3, -0.25) is 9.52 Å². The lowest BCUT2D eigenvalue weighted by Crippen LogP contribution is -2.48. The van der Waals surface area contributed by atoms with Crippen molar-refractivity contribution in [1.82, 2.24) is 4.90 Å². The molecule has 0 radical (unpaired) electrons. The maximum atomic E-state index is 13.0. The predicted octanol–water partition coefficient (Wildman–Crippen LogP) is 3.45. The van der Waals surface area contributed by atoms with Crippen molar-refractivity contribution in [3.05, 3.63) is 46.3 Å². The zero-order chi connectivity index (χ0) is 18.9. The molecule has 2 atom stereocenters. The summed E-state index contributed by atoms with van der Waals surface area (Å²) in [6.07, 6.45) is -0.139. The highest BCUT2D eigenvalue weighted by molar-refractivity contribution is 7.94. The van der Waals surface area contributed by atoms with Crippen molar-refractivity contribution in [2.45, 2.75) is 30.3 Å². The standard InChI is InChI=1S/C17H19ClN2O4S2/c1-11-9-20(10-12(2)24-11)17(21)13-5-3-4-6-14(13)19-26(22,23)16-8-7-15(18)25-16/h3-8,11-12,19H,9-10H2,1-2H3/t11-,12-/m0/s1. The first kappa shape index (κ1) is 19.2. The molecule has 1 aromatic carbocycles. The summed E-state index contributed by atoms with van der Waals surface area (Å²) in [7, 11) is -3.81. The molecule has 6 nitrogen and oxygen atoms in total. The van der Waals surface area contributed by atoms with Gasteiger partial charge in [0.25, 0.3) is 15.9 Å². The lowest BCUT2D eigenvalue weighted by molar-refractivity contribution is -0.0585. The van der Waals surface area contributed by atoms with Crippen LogP contribution in [0.2, 0.25) is 4.34 Å². The number of amides is 1. The number of anilines is 1. The molecular weight excluding hydrogens is 396 g/mol. The van der Waals surface area contributed by atoms with Gasteiger partial charge in [0.2, 0.25) is 0 Å². The van der Waals surface area contributed by atoms with E-state index in [2.05, 4.69) is 4.72 Å². The summed E-state index contributed by atoms with van der Waals surface area (Å²) in [5, 5.41) is 0. The van der Waals surface area contributed by atoms with Crippen LogP contribution in [0, 0.1) is 0 Å². The number of rotatable bonds is 4. The predicted molar refractivity (Wildman–Crippen MR) is 102 cm³/mol. The smallest absolute Gasteiger partial charge is 0.271 e. The Hall–Kier alpha value is -1.61. The summed E-state index contributed by atoms with van der Waals surface area (Å²) in [5.74, 6) is -0.227. The maximum absolute atomic E-state index is 13.0. The van der Waals surface area contributed by atoms with Gasteiger partial charge in [0.1, 0.15) is 4.21 Å². The lowest BCUT2D eigenvalue weighted by atomic mass is 10.1. The molecular formula is C17H19ClN2O4S2. The number of nitrogens with zero attached hydrogens (tertiary/aromatic N) is 1. The van der Waals surface area contributed by atoms with Crippen molar-refractivity contribution in [3.63, 3.8) is 0 Å². The first-order chi connectivity index (χ1) is 12.3. The molecule has 140 valence electrons. The van der Waals surface area contributed by atoms with E-state index in [0.717, 1.165) is 11.3 Å². The second kappa shape index (κ2) is 7.56. The molecule has 1 amide bonds. The fourth-order valence-electron chi connectivity index (χ4n) is 2.91. The van der Waals surface area contributed by atoms with Crippen LogP contribution < -0.4 is 4.72 Å². The fraction of sp³-hybridized carbons (Fsp3) is 0.353.